The summed E-state index contributed by atoms with van der Waals surface area (Å²) >= 11 is 2.29. The molecule has 0 aliphatic carbocycles. The quantitative estimate of drug-likeness (QED) is 0.474. The minimum atomic E-state index is 0.587. The Morgan fingerprint density at radius 1 is 1.41 bits per heavy atom. The van der Waals surface area contributed by atoms with Crippen LogP contribution in [0.4, 0.5) is 5.69 Å². The van der Waals surface area contributed by atoms with Crippen molar-refractivity contribution in [3.8, 4) is 0 Å². The molecule has 0 spiro atoms. The van der Waals surface area contributed by atoms with E-state index in [9.17, 15) is 0 Å². The molecule has 2 aromatic rings. The van der Waals surface area contributed by atoms with Crippen molar-refractivity contribution in [2.75, 3.05) is 12.0 Å². The minimum absolute atomic E-state index is 0.587. The number of nitrogens with two attached hydrogens (primary N) is 1. The summed E-state index contributed by atoms with van der Waals surface area (Å²) in [5.74, 6) is 5.65. The molecule has 88 valence electrons. The summed E-state index contributed by atoms with van der Waals surface area (Å²) in [5, 5.41) is 1.06. The molecule has 0 amide bonds. The van der Waals surface area contributed by atoms with Crippen LogP contribution in [0.3, 0.4) is 0 Å². The molecule has 0 saturated carbocycles. The molecule has 1 aliphatic heterocycles. The number of aromatic nitrogens is 1. The Balaban J connectivity index is 2.35. The monoisotopic (exact) mass is 341 g/mol. The van der Waals surface area contributed by atoms with Gasteiger partial charge in [-0.05, 0) is 40.8 Å². The lowest BCUT2D eigenvalue weighted by molar-refractivity contribution is 0.110. The standard InChI is InChI=1S/C12H12IN3O/c13-7-1-2-10-8(5-7)12(16-14)9-6-17-4-3-11(9)15-10/h1-2,5H,3-4,6,14H2,(H,15,16). The first-order valence-electron chi connectivity index (χ1n) is 5.45. The molecular formula is C12H12IN3O. The van der Waals surface area contributed by atoms with Crippen molar-refractivity contribution in [2.24, 2.45) is 5.84 Å². The highest BCUT2D eigenvalue weighted by Gasteiger charge is 2.18. The van der Waals surface area contributed by atoms with Crippen LogP contribution >= 0.6 is 22.6 Å². The van der Waals surface area contributed by atoms with E-state index >= 15 is 0 Å². The molecule has 0 fully saturated rings. The molecule has 0 unspecified atom stereocenters. The minimum Gasteiger partial charge on any atom is -0.376 e. The van der Waals surface area contributed by atoms with Crippen LogP contribution in [0.2, 0.25) is 0 Å². The van der Waals surface area contributed by atoms with Crippen LogP contribution in [0.5, 0.6) is 0 Å². The van der Waals surface area contributed by atoms with E-state index in [1.54, 1.807) is 0 Å². The zero-order chi connectivity index (χ0) is 11.8. The van der Waals surface area contributed by atoms with Crippen LogP contribution in [0.25, 0.3) is 10.9 Å². The molecule has 3 rings (SSSR count). The molecule has 1 aliphatic rings. The summed E-state index contributed by atoms with van der Waals surface area (Å²) in [6, 6.07) is 6.18. The van der Waals surface area contributed by atoms with Gasteiger partial charge >= 0.3 is 0 Å². The lowest BCUT2D eigenvalue weighted by Gasteiger charge is -2.20. The SMILES string of the molecule is NNc1c2c(nc3ccc(I)cc13)CCOC2. The molecule has 1 aromatic heterocycles. The van der Waals surface area contributed by atoms with Gasteiger partial charge in [-0.2, -0.15) is 0 Å². The Labute approximate surface area is 113 Å². The molecule has 0 radical (unpaired) electrons. The maximum absolute atomic E-state index is 5.65. The van der Waals surface area contributed by atoms with E-state index < -0.39 is 0 Å². The maximum Gasteiger partial charge on any atom is 0.0755 e. The number of hydrogen-bond donors (Lipinski definition) is 2. The van der Waals surface area contributed by atoms with Gasteiger partial charge < -0.3 is 10.2 Å². The van der Waals surface area contributed by atoms with E-state index in [4.69, 9.17) is 10.6 Å². The van der Waals surface area contributed by atoms with Gasteiger partial charge in [-0.1, -0.05) is 0 Å². The number of benzene rings is 1. The number of ether oxygens (including phenoxy) is 1. The zero-order valence-corrected chi connectivity index (χ0v) is 11.3. The Bertz CT molecular complexity index is 585. The van der Waals surface area contributed by atoms with E-state index in [0.29, 0.717) is 6.61 Å². The van der Waals surface area contributed by atoms with Crippen LogP contribution in [0.15, 0.2) is 18.2 Å². The third-order valence-corrected chi connectivity index (χ3v) is 3.68. The van der Waals surface area contributed by atoms with Crippen molar-refractivity contribution >= 4 is 39.2 Å². The number of nitrogens with zero attached hydrogens (tertiary/aromatic N) is 1. The zero-order valence-electron chi connectivity index (χ0n) is 9.16. The Kier molecular flexibility index (Phi) is 2.89. The molecule has 17 heavy (non-hydrogen) atoms. The highest BCUT2D eigenvalue weighted by Crippen LogP contribution is 2.31. The van der Waals surface area contributed by atoms with E-state index in [0.717, 1.165) is 40.9 Å². The number of anilines is 1. The summed E-state index contributed by atoms with van der Waals surface area (Å²) in [7, 11) is 0. The summed E-state index contributed by atoms with van der Waals surface area (Å²) in [6.45, 7) is 1.32. The largest absolute Gasteiger partial charge is 0.376 e. The normalized spacial score (nSPS) is 14.7. The predicted octanol–water partition coefficient (Wildman–Crippen LogP) is 2.20. The highest BCUT2D eigenvalue weighted by molar-refractivity contribution is 14.1. The summed E-state index contributed by atoms with van der Waals surface area (Å²) in [6.07, 6.45) is 0.853. The second-order valence-corrected chi connectivity index (χ2v) is 5.27. The van der Waals surface area contributed by atoms with Crippen molar-refractivity contribution in [1.29, 1.82) is 0 Å². The van der Waals surface area contributed by atoms with E-state index in [2.05, 4.69) is 45.1 Å². The molecule has 5 heteroatoms. The van der Waals surface area contributed by atoms with Crippen LogP contribution in [-0.2, 0) is 17.8 Å². The van der Waals surface area contributed by atoms with Crippen LogP contribution in [-0.4, -0.2) is 11.6 Å². The maximum atomic E-state index is 5.65. The molecule has 0 saturated heterocycles. The molecule has 0 bridgehead atoms. The Morgan fingerprint density at radius 3 is 3.12 bits per heavy atom. The predicted molar refractivity (Wildman–Crippen MR) is 75.6 cm³/mol. The number of rotatable bonds is 1. The van der Waals surface area contributed by atoms with Crippen LogP contribution in [0, 0.1) is 3.57 Å². The van der Waals surface area contributed by atoms with Crippen molar-refractivity contribution in [3.05, 3.63) is 33.0 Å². The van der Waals surface area contributed by atoms with E-state index in [1.807, 2.05) is 6.07 Å². The number of hydrazine groups is 1. The van der Waals surface area contributed by atoms with Crippen molar-refractivity contribution in [3.63, 3.8) is 0 Å². The molecule has 0 atom stereocenters. The second kappa shape index (κ2) is 4.40. The van der Waals surface area contributed by atoms with Crippen LogP contribution in [0.1, 0.15) is 11.3 Å². The van der Waals surface area contributed by atoms with Gasteiger partial charge in [0.15, 0.2) is 0 Å². The smallest absolute Gasteiger partial charge is 0.0755 e. The van der Waals surface area contributed by atoms with E-state index in [-0.39, 0.29) is 0 Å². The van der Waals surface area contributed by atoms with Crippen molar-refractivity contribution in [1.82, 2.24) is 4.98 Å². The first-order valence-corrected chi connectivity index (χ1v) is 6.53. The number of pyridine rings is 1. The summed E-state index contributed by atoms with van der Waals surface area (Å²) < 4.78 is 6.65. The van der Waals surface area contributed by atoms with Crippen molar-refractivity contribution < 1.29 is 4.74 Å². The summed E-state index contributed by atoms with van der Waals surface area (Å²) in [5.41, 5.74) is 6.92. The second-order valence-electron chi connectivity index (χ2n) is 4.02. The topological polar surface area (TPSA) is 60.2 Å². The van der Waals surface area contributed by atoms with E-state index in [1.165, 1.54) is 3.57 Å². The lowest BCUT2D eigenvalue weighted by Crippen LogP contribution is -2.18. The van der Waals surface area contributed by atoms with Gasteiger partial charge in [0.25, 0.3) is 0 Å². The van der Waals surface area contributed by atoms with Crippen LogP contribution < -0.4 is 11.3 Å². The third-order valence-electron chi connectivity index (χ3n) is 3.01. The number of fused-ring (bicyclic) bond motifs is 2. The average molecular weight is 341 g/mol. The average Bonchev–Trinajstić information content (AvgIpc) is 2.36. The Hall–Kier alpha value is -0.920. The first-order chi connectivity index (χ1) is 8.29. The van der Waals surface area contributed by atoms with Gasteiger partial charge in [0.1, 0.15) is 0 Å². The lowest BCUT2D eigenvalue weighted by atomic mass is 10.0. The van der Waals surface area contributed by atoms with Gasteiger partial charge in [-0.25, -0.2) is 0 Å². The number of nitrogens with one attached hydrogen (secondary N) is 1. The van der Waals surface area contributed by atoms with Gasteiger partial charge in [-0.15, -0.1) is 0 Å². The molecule has 3 N–H and O–H groups in total. The number of halogens is 1. The van der Waals surface area contributed by atoms with Gasteiger partial charge in [-0.3, -0.25) is 10.8 Å². The summed E-state index contributed by atoms with van der Waals surface area (Å²) in [4.78, 5) is 4.69. The fraction of sp³-hybridized carbons (Fsp3) is 0.250. The molecule has 2 heterocycles. The molecule has 1 aromatic carbocycles. The number of nitrogen functional groups attached to an aromatic ring is 1. The van der Waals surface area contributed by atoms with Gasteiger partial charge in [0.05, 0.1) is 30.1 Å². The molecule has 4 nitrogen and oxygen atoms in total. The fourth-order valence-electron chi connectivity index (χ4n) is 2.20. The first kappa shape index (κ1) is 11.2. The highest BCUT2D eigenvalue weighted by atomic mass is 127. The molecular weight excluding hydrogens is 329 g/mol. The van der Waals surface area contributed by atoms with Gasteiger partial charge in [0, 0.05) is 20.9 Å². The van der Waals surface area contributed by atoms with Gasteiger partial charge in [0.2, 0.25) is 0 Å². The fourth-order valence-corrected chi connectivity index (χ4v) is 2.69. The third kappa shape index (κ3) is 1.88. The van der Waals surface area contributed by atoms with Crippen molar-refractivity contribution in [2.45, 2.75) is 13.0 Å². The number of hydrogen-bond acceptors (Lipinski definition) is 4. The Morgan fingerprint density at radius 2 is 2.29 bits per heavy atom.